The zero-order valence-electron chi connectivity index (χ0n) is 10.6. The lowest BCUT2D eigenvalue weighted by molar-refractivity contribution is -0.122. The molecule has 94 valence electrons. The zero-order chi connectivity index (χ0) is 12.0. The first-order valence-corrected chi connectivity index (χ1v) is 6.44. The summed E-state index contributed by atoms with van der Waals surface area (Å²) in [6.07, 6.45) is 6.30. The van der Waals surface area contributed by atoms with Crippen LogP contribution in [0.3, 0.4) is 0 Å². The summed E-state index contributed by atoms with van der Waals surface area (Å²) in [6.45, 7) is 5.35. The minimum absolute atomic E-state index is 0.0696. The van der Waals surface area contributed by atoms with Gasteiger partial charge in [-0.2, -0.15) is 0 Å². The van der Waals surface area contributed by atoms with E-state index >= 15 is 0 Å². The van der Waals surface area contributed by atoms with Crippen LogP contribution in [-0.2, 0) is 4.79 Å². The second-order valence-corrected chi connectivity index (χ2v) is 5.57. The predicted molar refractivity (Wildman–Crippen MR) is 65.1 cm³/mol. The van der Waals surface area contributed by atoms with Crippen LogP contribution in [0, 0.1) is 11.3 Å². The van der Waals surface area contributed by atoms with Crippen molar-refractivity contribution in [2.75, 3.05) is 13.2 Å². The van der Waals surface area contributed by atoms with E-state index in [0.717, 1.165) is 12.5 Å². The number of carbonyl (C=O) groups excluding carboxylic acids is 1. The molecule has 0 bridgehead atoms. The van der Waals surface area contributed by atoms with Gasteiger partial charge in [0.15, 0.2) is 0 Å². The molecule has 16 heavy (non-hydrogen) atoms. The fraction of sp³-hybridized carbons (Fsp3) is 0.923. The Kier molecular flexibility index (Phi) is 5.26. The van der Waals surface area contributed by atoms with E-state index in [0.29, 0.717) is 12.8 Å². The Hall–Kier alpha value is -0.570. The SMILES string of the molecule is CC(C)(CNC(=O)CCCO)C1CCCC1. The van der Waals surface area contributed by atoms with Gasteiger partial charge in [0, 0.05) is 19.6 Å². The van der Waals surface area contributed by atoms with Crippen LogP contribution in [-0.4, -0.2) is 24.2 Å². The summed E-state index contributed by atoms with van der Waals surface area (Å²) in [4.78, 5) is 11.4. The average molecular weight is 227 g/mol. The molecule has 0 heterocycles. The smallest absolute Gasteiger partial charge is 0.220 e. The molecule has 3 heteroatoms. The molecule has 2 N–H and O–H groups in total. The first kappa shape index (κ1) is 13.5. The van der Waals surface area contributed by atoms with Crippen LogP contribution < -0.4 is 5.32 Å². The van der Waals surface area contributed by atoms with Gasteiger partial charge in [0.1, 0.15) is 0 Å². The van der Waals surface area contributed by atoms with Gasteiger partial charge in [-0.05, 0) is 30.6 Å². The van der Waals surface area contributed by atoms with E-state index < -0.39 is 0 Å². The van der Waals surface area contributed by atoms with Gasteiger partial charge in [0.2, 0.25) is 5.91 Å². The lowest BCUT2D eigenvalue weighted by Crippen LogP contribution is -2.37. The highest BCUT2D eigenvalue weighted by Crippen LogP contribution is 2.38. The maximum atomic E-state index is 11.4. The summed E-state index contributed by atoms with van der Waals surface area (Å²) in [7, 11) is 0. The van der Waals surface area contributed by atoms with Gasteiger partial charge in [-0.3, -0.25) is 4.79 Å². The van der Waals surface area contributed by atoms with Gasteiger partial charge >= 0.3 is 0 Å². The third-order valence-electron chi connectivity index (χ3n) is 3.76. The molecular formula is C13H25NO2. The first-order valence-electron chi connectivity index (χ1n) is 6.44. The quantitative estimate of drug-likeness (QED) is 0.730. The monoisotopic (exact) mass is 227 g/mol. The number of amides is 1. The number of aliphatic hydroxyl groups is 1. The first-order chi connectivity index (χ1) is 7.56. The normalized spacial score (nSPS) is 17.7. The lowest BCUT2D eigenvalue weighted by Gasteiger charge is -2.31. The van der Waals surface area contributed by atoms with E-state index in [1.54, 1.807) is 0 Å². The molecule has 0 spiro atoms. The van der Waals surface area contributed by atoms with Crippen molar-refractivity contribution in [3.8, 4) is 0 Å². The highest BCUT2D eigenvalue weighted by molar-refractivity contribution is 5.75. The van der Waals surface area contributed by atoms with Crippen LogP contribution in [0.4, 0.5) is 0 Å². The Balaban J connectivity index is 2.26. The molecule has 0 saturated heterocycles. The van der Waals surface area contributed by atoms with Gasteiger partial charge in [0.25, 0.3) is 0 Å². The Morgan fingerprint density at radius 3 is 2.56 bits per heavy atom. The minimum atomic E-state index is 0.0696. The van der Waals surface area contributed by atoms with Gasteiger partial charge in [-0.1, -0.05) is 26.7 Å². The summed E-state index contributed by atoms with van der Waals surface area (Å²) in [5.74, 6) is 0.825. The minimum Gasteiger partial charge on any atom is -0.396 e. The Bertz CT molecular complexity index is 220. The summed E-state index contributed by atoms with van der Waals surface area (Å²) < 4.78 is 0. The summed E-state index contributed by atoms with van der Waals surface area (Å²) in [5, 5.41) is 11.6. The topological polar surface area (TPSA) is 49.3 Å². The van der Waals surface area contributed by atoms with Gasteiger partial charge in [-0.15, -0.1) is 0 Å². The maximum Gasteiger partial charge on any atom is 0.220 e. The highest BCUT2D eigenvalue weighted by Gasteiger charge is 2.31. The number of hydrogen-bond acceptors (Lipinski definition) is 2. The van der Waals surface area contributed by atoms with Crippen LogP contribution in [0.2, 0.25) is 0 Å². The lowest BCUT2D eigenvalue weighted by atomic mass is 9.77. The summed E-state index contributed by atoms with van der Waals surface area (Å²) >= 11 is 0. The maximum absolute atomic E-state index is 11.4. The molecule has 1 aliphatic rings. The van der Waals surface area contributed by atoms with Gasteiger partial charge in [0.05, 0.1) is 0 Å². The van der Waals surface area contributed by atoms with E-state index in [9.17, 15) is 4.79 Å². The van der Waals surface area contributed by atoms with Crippen LogP contribution in [0.5, 0.6) is 0 Å². The van der Waals surface area contributed by atoms with Crippen molar-refractivity contribution in [1.82, 2.24) is 5.32 Å². The number of nitrogens with one attached hydrogen (secondary N) is 1. The van der Waals surface area contributed by atoms with E-state index in [1.807, 2.05) is 0 Å². The second kappa shape index (κ2) is 6.24. The third-order valence-corrected chi connectivity index (χ3v) is 3.76. The van der Waals surface area contributed by atoms with Gasteiger partial charge in [-0.25, -0.2) is 0 Å². The highest BCUT2D eigenvalue weighted by atomic mass is 16.3. The van der Waals surface area contributed by atoms with Crippen molar-refractivity contribution >= 4 is 5.91 Å². The zero-order valence-corrected chi connectivity index (χ0v) is 10.6. The standard InChI is InChI=1S/C13H25NO2/c1-13(2,11-6-3-4-7-11)10-14-12(16)8-5-9-15/h11,15H,3-10H2,1-2H3,(H,14,16). The fourth-order valence-electron chi connectivity index (χ4n) is 2.51. The number of hydrogen-bond donors (Lipinski definition) is 2. The molecule has 0 aromatic heterocycles. The Morgan fingerprint density at radius 1 is 1.38 bits per heavy atom. The molecule has 1 fully saturated rings. The van der Waals surface area contributed by atoms with E-state index in [1.165, 1.54) is 25.7 Å². The Labute approximate surface area is 98.6 Å². The number of aliphatic hydroxyl groups excluding tert-OH is 1. The largest absolute Gasteiger partial charge is 0.396 e. The molecule has 0 aliphatic heterocycles. The van der Waals surface area contributed by atoms with Gasteiger partial charge < -0.3 is 10.4 Å². The number of rotatable bonds is 6. The molecule has 1 rings (SSSR count). The van der Waals surface area contributed by atoms with Crippen LogP contribution in [0.1, 0.15) is 52.4 Å². The molecular weight excluding hydrogens is 202 g/mol. The van der Waals surface area contributed by atoms with E-state index in [2.05, 4.69) is 19.2 Å². The van der Waals surface area contributed by atoms with E-state index in [-0.39, 0.29) is 17.9 Å². The molecule has 0 aromatic carbocycles. The molecule has 0 radical (unpaired) electrons. The predicted octanol–water partition coefficient (Wildman–Crippen LogP) is 2.09. The average Bonchev–Trinajstić information content (AvgIpc) is 2.77. The van der Waals surface area contributed by atoms with Crippen LogP contribution in [0.25, 0.3) is 0 Å². The Morgan fingerprint density at radius 2 is 2.00 bits per heavy atom. The van der Waals surface area contributed by atoms with Crippen molar-refractivity contribution in [3.63, 3.8) is 0 Å². The van der Waals surface area contributed by atoms with Crippen molar-refractivity contribution in [3.05, 3.63) is 0 Å². The summed E-state index contributed by atoms with van der Waals surface area (Å²) in [6, 6.07) is 0. The van der Waals surface area contributed by atoms with Crippen molar-refractivity contribution < 1.29 is 9.90 Å². The molecule has 0 atom stereocenters. The molecule has 0 aromatic rings. The number of carbonyl (C=O) groups is 1. The van der Waals surface area contributed by atoms with Crippen molar-refractivity contribution in [2.45, 2.75) is 52.4 Å². The molecule has 1 saturated carbocycles. The molecule has 1 aliphatic carbocycles. The fourth-order valence-corrected chi connectivity index (χ4v) is 2.51. The van der Waals surface area contributed by atoms with Crippen LogP contribution >= 0.6 is 0 Å². The van der Waals surface area contributed by atoms with Crippen molar-refractivity contribution in [2.24, 2.45) is 11.3 Å². The van der Waals surface area contributed by atoms with E-state index in [4.69, 9.17) is 5.11 Å². The third kappa shape index (κ3) is 4.12. The van der Waals surface area contributed by atoms with Crippen molar-refractivity contribution in [1.29, 1.82) is 0 Å². The summed E-state index contributed by atoms with van der Waals surface area (Å²) in [5.41, 5.74) is 0.214. The molecule has 3 nitrogen and oxygen atoms in total. The van der Waals surface area contributed by atoms with Crippen LogP contribution in [0.15, 0.2) is 0 Å². The molecule has 1 amide bonds. The molecule has 0 unspecified atom stereocenters. The second-order valence-electron chi connectivity index (χ2n) is 5.57.